The number of rotatable bonds is 10. The minimum Gasteiger partial charge on any atom is -0.479 e. The van der Waals surface area contributed by atoms with E-state index in [1.165, 1.54) is 6.20 Å². The average molecular weight is 504 g/mol. The summed E-state index contributed by atoms with van der Waals surface area (Å²) >= 11 is 0. The molecule has 2 aromatic carbocycles. The molecule has 1 aromatic heterocycles. The fraction of sp³-hybridized carbons (Fsp3) is 0.259. The van der Waals surface area contributed by atoms with Crippen molar-refractivity contribution in [2.24, 2.45) is 0 Å². The highest BCUT2D eigenvalue weighted by molar-refractivity contribution is 5.92. The molecule has 10 nitrogen and oxygen atoms in total. The van der Waals surface area contributed by atoms with Crippen LogP contribution in [0.5, 0.6) is 0 Å². The fourth-order valence-electron chi connectivity index (χ4n) is 4.17. The molecule has 3 aromatic rings. The number of carboxylic acid groups (broad SMARTS) is 1. The van der Waals surface area contributed by atoms with E-state index < -0.39 is 30.3 Å². The van der Waals surface area contributed by atoms with Crippen molar-refractivity contribution in [1.82, 2.24) is 26.5 Å². The van der Waals surface area contributed by atoms with E-state index in [-0.39, 0.29) is 30.3 Å². The minimum absolute atomic E-state index is 0.151. The molecule has 4 atom stereocenters. The average Bonchev–Trinajstić information content (AvgIpc) is 3.38. The van der Waals surface area contributed by atoms with Crippen LogP contribution in [0.4, 0.5) is 0 Å². The molecule has 0 saturated carbocycles. The molecular formula is C27H29N5O5. The molecule has 10 heteroatoms. The number of nitrogens with one attached hydrogen (secondary N) is 4. The molecule has 1 fully saturated rings. The Bertz CT molecular complexity index is 1210. The van der Waals surface area contributed by atoms with Crippen molar-refractivity contribution >= 4 is 17.8 Å². The van der Waals surface area contributed by atoms with Gasteiger partial charge in [-0.25, -0.2) is 15.6 Å². The van der Waals surface area contributed by atoms with Crippen molar-refractivity contribution in [2.75, 3.05) is 0 Å². The molecule has 1 saturated heterocycles. The number of hydrogen-bond acceptors (Lipinski definition) is 7. The van der Waals surface area contributed by atoms with Gasteiger partial charge in [0.15, 0.2) is 6.10 Å². The zero-order valence-electron chi connectivity index (χ0n) is 20.0. The van der Waals surface area contributed by atoms with Crippen molar-refractivity contribution < 1.29 is 24.6 Å². The second kappa shape index (κ2) is 12.2. The molecule has 192 valence electrons. The van der Waals surface area contributed by atoms with Crippen LogP contribution in [0, 0.1) is 0 Å². The van der Waals surface area contributed by atoms with Gasteiger partial charge in [-0.15, -0.1) is 0 Å². The lowest BCUT2D eigenvalue weighted by atomic mass is 9.97. The molecule has 0 bridgehead atoms. The van der Waals surface area contributed by atoms with Crippen LogP contribution in [-0.4, -0.2) is 57.3 Å². The first-order valence-corrected chi connectivity index (χ1v) is 12.0. The van der Waals surface area contributed by atoms with Crippen molar-refractivity contribution in [3.8, 4) is 11.1 Å². The van der Waals surface area contributed by atoms with Gasteiger partial charge in [-0.05, 0) is 35.2 Å². The van der Waals surface area contributed by atoms with E-state index in [1.54, 1.807) is 18.2 Å². The number of hydrazine groups is 1. The fourth-order valence-corrected chi connectivity index (χ4v) is 4.17. The third kappa shape index (κ3) is 7.20. The number of benzene rings is 2. The maximum Gasteiger partial charge on any atom is 0.332 e. The second-order valence-electron chi connectivity index (χ2n) is 8.88. The summed E-state index contributed by atoms with van der Waals surface area (Å²) in [5.74, 6) is -2.09. The van der Waals surface area contributed by atoms with Crippen LogP contribution >= 0.6 is 0 Å². The lowest BCUT2D eigenvalue weighted by Crippen LogP contribution is -2.49. The number of carbonyl (C=O) groups is 3. The maximum atomic E-state index is 13.0. The van der Waals surface area contributed by atoms with Gasteiger partial charge in [0.25, 0.3) is 5.91 Å². The van der Waals surface area contributed by atoms with E-state index in [4.69, 9.17) is 0 Å². The van der Waals surface area contributed by atoms with Gasteiger partial charge in [0, 0.05) is 25.1 Å². The van der Waals surface area contributed by atoms with Gasteiger partial charge in [-0.3, -0.25) is 14.6 Å². The lowest BCUT2D eigenvalue weighted by Gasteiger charge is -2.22. The summed E-state index contributed by atoms with van der Waals surface area (Å²) in [6.07, 6.45) is -0.142. The van der Waals surface area contributed by atoms with Gasteiger partial charge in [0.05, 0.1) is 6.17 Å². The number of aliphatic hydroxyl groups excluding tert-OH is 1. The van der Waals surface area contributed by atoms with Crippen molar-refractivity contribution in [2.45, 2.75) is 43.6 Å². The molecule has 2 amide bonds. The third-order valence-corrected chi connectivity index (χ3v) is 6.10. The van der Waals surface area contributed by atoms with Gasteiger partial charge in [0.1, 0.15) is 11.7 Å². The van der Waals surface area contributed by atoms with E-state index in [2.05, 4.69) is 26.5 Å². The number of carbonyl (C=O) groups excluding carboxylic acids is 2. The minimum atomic E-state index is -1.62. The predicted molar refractivity (Wildman–Crippen MR) is 136 cm³/mol. The number of aliphatic carboxylic acids is 1. The molecule has 37 heavy (non-hydrogen) atoms. The number of hydrogen-bond donors (Lipinski definition) is 6. The quantitative estimate of drug-likeness (QED) is 0.242. The van der Waals surface area contributed by atoms with Crippen LogP contribution in [0.1, 0.15) is 28.9 Å². The molecule has 0 spiro atoms. The largest absolute Gasteiger partial charge is 0.479 e. The van der Waals surface area contributed by atoms with Crippen molar-refractivity contribution in [3.63, 3.8) is 0 Å². The summed E-state index contributed by atoms with van der Waals surface area (Å²) in [6, 6.07) is 21.4. The monoisotopic (exact) mass is 503 g/mol. The molecule has 6 N–H and O–H groups in total. The normalized spacial score (nSPS) is 18.5. The van der Waals surface area contributed by atoms with Crippen LogP contribution < -0.4 is 21.5 Å². The van der Waals surface area contributed by atoms with Gasteiger partial charge in [0.2, 0.25) is 5.91 Å². The number of aliphatic hydroxyl groups is 1. The number of aromatic nitrogens is 1. The Morgan fingerprint density at radius 3 is 2.32 bits per heavy atom. The highest BCUT2D eigenvalue weighted by Gasteiger charge is 2.32. The number of nitrogens with zero attached hydrogens (tertiary/aromatic N) is 1. The van der Waals surface area contributed by atoms with E-state index in [0.717, 1.165) is 16.7 Å². The Kier molecular flexibility index (Phi) is 8.57. The lowest BCUT2D eigenvalue weighted by molar-refractivity contribution is -0.147. The summed E-state index contributed by atoms with van der Waals surface area (Å²) in [5, 5.41) is 24.8. The Morgan fingerprint density at radius 2 is 1.65 bits per heavy atom. The highest BCUT2D eigenvalue weighted by atomic mass is 16.4. The SMILES string of the molecule is O=C(NC1CC(C(=O)NC(Cc2ccc(-c3ccccc3)cc2)C[C@@H](O)C(=O)O)NN1)c1ccccn1. The summed E-state index contributed by atoms with van der Waals surface area (Å²) in [7, 11) is 0. The molecule has 4 rings (SSSR count). The first-order chi connectivity index (χ1) is 17.9. The van der Waals surface area contributed by atoms with Gasteiger partial charge in [-0.2, -0.15) is 0 Å². The molecule has 0 aliphatic carbocycles. The van der Waals surface area contributed by atoms with Gasteiger partial charge < -0.3 is 20.8 Å². The van der Waals surface area contributed by atoms with Crippen LogP contribution in [0.15, 0.2) is 79.0 Å². The van der Waals surface area contributed by atoms with E-state index in [1.807, 2.05) is 54.6 Å². The van der Waals surface area contributed by atoms with Crippen LogP contribution in [-0.2, 0) is 16.0 Å². The van der Waals surface area contributed by atoms with Crippen molar-refractivity contribution in [3.05, 3.63) is 90.3 Å². The summed E-state index contributed by atoms with van der Waals surface area (Å²) in [5.41, 5.74) is 9.00. The summed E-state index contributed by atoms with van der Waals surface area (Å²) < 4.78 is 0. The molecule has 2 heterocycles. The molecule has 3 unspecified atom stereocenters. The summed E-state index contributed by atoms with van der Waals surface area (Å²) in [6.45, 7) is 0. The molecule has 1 aliphatic heterocycles. The third-order valence-electron chi connectivity index (χ3n) is 6.10. The van der Waals surface area contributed by atoms with E-state index in [9.17, 15) is 24.6 Å². The molecule has 0 radical (unpaired) electrons. The molecular weight excluding hydrogens is 474 g/mol. The zero-order chi connectivity index (χ0) is 26.2. The Hall–Kier alpha value is -4.12. The summed E-state index contributed by atoms with van der Waals surface area (Å²) in [4.78, 5) is 40.6. The predicted octanol–water partition coefficient (Wildman–Crippen LogP) is 1.23. The van der Waals surface area contributed by atoms with Crippen molar-refractivity contribution in [1.29, 1.82) is 0 Å². The standard InChI is InChI=1S/C27H29N5O5/c33-23(27(36)37)15-20(14-17-9-11-19(12-10-17)18-6-2-1-3-7-18)29-26(35)22-16-24(32-31-22)30-25(34)21-8-4-5-13-28-21/h1-13,20,22-24,31-33H,14-16H2,(H,29,35)(H,30,34)(H,36,37)/t20?,22?,23-,24?/m1/s1. The Morgan fingerprint density at radius 1 is 0.946 bits per heavy atom. The number of carboxylic acids is 1. The molecule has 1 aliphatic rings. The van der Waals surface area contributed by atoms with Crippen LogP contribution in [0.3, 0.4) is 0 Å². The van der Waals surface area contributed by atoms with Gasteiger partial charge >= 0.3 is 5.97 Å². The first kappa shape index (κ1) is 26.0. The zero-order valence-corrected chi connectivity index (χ0v) is 20.0. The maximum absolute atomic E-state index is 13.0. The Labute approximate surface area is 214 Å². The Balaban J connectivity index is 1.37. The van der Waals surface area contributed by atoms with Crippen LogP contribution in [0.2, 0.25) is 0 Å². The number of amides is 2. The van der Waals surface area contributed by atoms with Crippen LogP contribution in [0.25, 0.3) is 11.1 Å². The van der Waals surface area contributed by atoms with Gasteiger partial charge in [-0.1, -0.05) is 60.7 Å². The first-order valence-electron chi connectivity index (χ1n) is 12.0. The highest BCUT2D eigenvalue weighted by Crippen LogP contribution is 2.20. The second-order valence-corrected chi connectivity index (χ2v) is 8.88. The van der Waals surface area contributed by atoms with E-state index in [0.29, 0.717) is 6.42 Å². The topological polar surface area (TPSA) is 153 Å². The van der Waals surface area contributed by atoms with E-state index >= 15 is 0 Å². The number of pyridine rings is 1. The smallest absolute Gasteiger partial charge is 0.332 e.